The number of aromatic nitrogens is 2. The van der Waals surface area contributed by atoms with E-state index in [1.807, 2.05) is 0 Å². The van der Waals surface area contributed by atoms with Gasteiger partial charge >= 0.3 is 5.82 Å². The Kier molecular flexibility index (Phi) is 3.08. The second-order valence-corrected chi connectivity index (χ2v) is 6.62. The smallest absolute Gasteiger partial charge is 0.232 e. The van der Waals surface area contributed by atoms with E-state index in [2.05, 4.69) is 75.0 Å². The minimum Gasteiger partial charge on any atom is -0.232 e. The predicted molar refractivity (Wildman–Crippen MR) is 93.3 cm³/mol. The van der Waals surface area contributed by atoms with Gasteiger partial charge in [-0.2, -0.15) is 0 Å². The summed E-state index contributed by atoms with van der Waals surface area (Å²) in [5.41, 5.74) is 10.4. The first-order valence-corrected chi connectivity index (χ1v) is 8.10. The zero-order valence-electron chi connectivity index (χ0n) is 14.1. The molecule has 114 valence electrons. The summed E-state index contributed by atoms with van der Waals surface area (Å²) in [4.78, 5) is 5.03. The largest absolute Gasteiger partial charge is 0.330 e. The highest BCUT2D eigenvalue weighted by Gasteiger charge is 2.28. The van der Waals surface area contributed by atoms with Gasteiger partial charge in [0.25, 0.3) is 0 Å². The standard InChI is InChI=1S/C21H21N2/c1-13-8-9-18-16(10-13)11-20-19(18)12-23(4)21(22-20)17-7-5-6-14(2)15(17)3/h5-10,12H,11H2,1-4H3/q+1. The first-order chi connectivity index (χ1) is 11.0. The van der Waals surface area contributed by atoms with E-state index in [-0.39, 0.29) is 0 Å². The Morgan fingerprint density at radius 3 is 2.61 bits per heavy atom. The molecule has 1 aromatic heterocycles. The summed E-state index contributed by atoms with van der Waals surface area (Å²) in [6.07, 6.45) is 3.17. The monoisotopic (exact) mass is 301 g/mol. The van der Waals surface area contributed by atoms with Crippen molar-refractivity contribution < 1.29 is 4.57 Å². The molecule has 0 amide bonds. The fraction of sp³-hybridized carbons (Fsp3) is 0.238. The van der Waals surface area contributed by atoms with Crippen LogP contribution in [0.4, 0.5) is 0 Å². The Bertz CT molecular complexity index is 939. The summed E-state index contributed by atoms with van der Waals surface area (Å²) in [5, 5.41) is 0. The van der Waals surface area contributed by atoms with Gasteiger partial charge in [0.2, 0.25) is 0 Å². The maximum atomic E-state index is 5.03. The number of benzene rings is 2. The van der Waals surface area contributed by atoms with E-state index in [4.69, 9.17) is 4.98 Å². The molecular weight excluding hydrogens is 280 g/mol. The van der Waals surface area contributed by atoms with E-state index >= 15 is 0 Å². The van der Waals surface area contributed by atoms with Crippen LogP contribution in [0.2, 0.25) is 0 Å². The van der Waals surface area contributed by atoms with Crippen molar-refractivity contribution in [2.45, 2.75) is 27.2 Å². The van der Waals surface area contributed by atoms with E-state index in [0.717, 1.165) is 12.2 Å². The minimum absolute atomic E-state index is 0.936. The Morgan fingerprint density at radius 1 is 0.957 bits per heavy atom. The summed E-state index contributed by atoms with van der Waals surface area (Å²) in [5.74, 6) is 1.05. The summed E-state index contributed by atoms with van der Waals surface area (Å²) < 4.78 is 2.16. The third-order valence-electron chi connectivity index (χ3n) is 4.96. The fourth-order valence-corrected chi connectivity index (χ4v) is 3.51. The molecule has 0 atom stereocenters. The second-order valence-electron chi connectivity index (χ2n) is 6.62. The van der Waals surface area contributed by atoms with Gasteiger partial charge in [0.15, 0.2) is 5.69 Å². The number of hydrogen-bond acceptors (Lipinski definition) is 1. The second kappa shape index (κ2) is 5.02. The van der Waals surface area contributed by atoms with Crippen molar-refractivity contribution >= 4 is 0 Å². The van der Waals surface area contributed by atoms with Gasteiger partial charge in [-0.05, 0) is 54.1 Å². The lowest BCUT2D eigenvalue weighted by Gasteiger charge is -2.07. The zero-order valence-corrected chi connectivity index (χ0v) is 14.1. The van der Waals surface area contributed by atoms with Gasteiger partial charge < -0.3 is 0 Å². The highest BCUT2D eigenvalue weighted by molar-refractivity contribution is 5.75. The number of aryl methyl sites for hydroxylation is 3. The summed E-state index contributed by atoms with van der Waals surface area (Å²) in [6.45, 7) is 6.49. The molecule has 0 saturated carbocycles. The number of fused-ring (bicyclic) bond motifs is 3. The Balaban J connectivity index is 1.90. The van der Waals surface area contributed by atoms with E-state index < -0.39 is 0 Å². The molecule has 0 spiro atoms. The Morgan fingerprint density at radius 2 is 1.78 bits per heavy atom. The molecule has 23 heavy (non-hydrogen) atoms. The minimum atomic E-state index is 0.936. The molecule has 0 bridgehead atoms. The van der Waals surface area contributed by atoms with E-state index in [1.165, 1.54) is 44.6 Å². The third kappa shape index (κ3) is 2.17. The maximum absolute atomic E-state index is 5.03. The third-order valence-corrected chi connectivity index (χ3v) is 4.96. The lowest BCUT2D eigenvalue weighted by atomic mass is 10.0. The normalized spacial score (nSPS) is 12.2. The first-order valence-electron chi connectivity index (χ1n) is 8.10. The molecule has 0 saturated heterocycles. The van der Waals surface area contributed by atoms with Crippen LogP contribution in [0.15, 0.2) is 42.6 Å². The average molecular weight is 301 g/mol. The topological polar surface area (TPSA) is 16.8 Å². The van der Waals surface area contributed by atoms with Crippen molar-refractivity contribution in [1.82, 2.24) is 4.98 Å². The van der Waals surface area contributed by atoms with Crippen LogP contribution in [0.3, 0.4) is 0 Å². The molecule has 0 radical (unpaired) electrons. The molecule has 1 aliphatic carbocycles. The van der Waals surface area contributed by atoms with Crippen molar-refractivity contribution in [3.05, 3.63) is 70.5 Å². The molecule has 3 aromatic rings. The van der Waals surface area contributed by atoms with Gasteiger partial charge in [-0.15, -0.1) is 0 Å². The molecule has 1 heterocycles. The van der Waals surface area contributed by atoms with Gasteiger partial charge in [0, 0.05) is 6.42 Å². The van der Waals surface area contributed by atoms with Crippen molar-refractivity contribution in [3.63, 3.8) is 0 Å². The van der Waals surface area contributed by atoms with Crippen molar-refractivity contribution in [2.75, 3.05) is 0 Å². The molecule has 4 rings (SSSR count). The molecule has 2 aromatic carbocycles. The molecule has 1 aliphatic rings. The number of rotatable bonds is 1. The van der Waals surface area contributed by atoms with Crippen LogP contribution in [0, 0.1) is 20.8 Å². The SMILES string of the molecule is Cc1ccc2c(c1)Cc1nc(-c3cccc(C)c3C)[n+](C)cc1-2. The molecule has 0 fully saturated rings. The van der Waals surface area contributed by atoms with Gasteiger partial charge in [-0.25, -0.2) is 4.57 Å². The zero-order chi connectivity index (χ0) is 16.1. The van der Waals surface area contributed by atoms with Crippen LogP contribution in [-0.4, -0.2) is 4.98 Å². The van der Waals surface area contributed by atoms with Crippen molar-refractivity contribution in [3.8, 4) is 22.5 Å². The summed E-state index contributed by atoms with van der Waals surface area (Å²) in [6, 6.07) is 13.1. The van der Waals surface area contributed by atoms with E-state index in [0.29, 0.717) is 0 Å². The van der Waals surface area contributed by atoms with Gasteiger partial charge in [0.05, 0.1) is 18.2 Å². The molecular formula is C21H21N2+. The van der Waals surface area contributed by atoms with Gasteiger partial charge in [-0.3, -0.25) is 0 Å². The lowest BCUT2D eigenvalue weighted by molar-refractivity contribution is -0.662. The van der Waals surface area contributed by atoms with Crippen molar-refractivity contribution in [1.29, 1.82) is 0 Å². The molecule has 2 nitrogen and oxygen atoms in total. The van der Waals surface area contributed by atoms with Crippen LogP contribution < -0.4 is 4.57 Å². The van der Waals surface area contributed by atoms with Gasteiger partial charge in [-0.1, -0.05) is 35.9 Å². The van der Waals surface area contributed by atoms with E-state index in [1.54, 1.807) is 0 Å². The summed E-state index contributed by atoms with van der Waals surface area (Å²) >= 11 is 0. The van der Waals surface area contributed by atoms with Crippen LogP contribution in [0.1, 0.15) is 27.9 Å². The molecule has 0 N–H and O–H groups in total. The van der Waals surface area contributed by atoms with Crippen LogP contribution >= 0.6 is 0 Å². The first kappa shape index (κ1) is 14.1. The average Bonchev–Trinajstić information content (AvgIpc) is 2.86. The highest BCUT2D eigenvalue weighted by atomic mass is 15.0. The summed E-state index contributed by atoms with van der Waals surface area (Å²) in [7, 11) is 2.09. The molecule has 0 aliphatic heterocycles. The molecule has 0 unspecified atom stereocenters. The Labute approximate surface area is 137 Å². The van der Waals surface area contributed by atoms with E-state index in [9.17, 15) is 0 Å². The van der Waals surface area contributed by atoms with Gasteiger partial charge in [0.1, 0.15) is 6.20 Å². The van der Waals surface area contributed by atoms with Crippen LogP contribution in [0.5, 0.6) is 0 Å². The quantitative estimate of drug-likeness (QED) is 0.484. The van der Waals surface area contributed by atoms with Crippen LogP contribution in [0.25, 0.3) is 22.5 Å². The molecule has 2 heteroatoms. The number of hydrogen-bond donors (Lipinski definition) is 0. The highest BCUT2D eigenvalue weighted by Crippen LogP contribution is 2.36. The maximum Gasteiger partial charge on any atom is 0.330 e. The lowest BCUT2D eigenvalue weighted by Crippen LogP contribution is -2.33. The number of nitrogens with zero attached hydrogens (tertiary/aromatic N) is 2. The van der Waals surface area contributed by atoms with Crippen LogP contribution in [-0.2, 0) is 13.5 Å². The fourth-order valence-electron chi connectivity index (χ4n) is 3.51. The predicted octanol–water partition coefficient (Wildman–Crippen LogP) is 4.07. The van der Waals surface area contributed by atoms with Crippen molar-refractivity contribution in [2.24, 2.45) is 7.05 Å². The Hall–Kier alpha value is -2.48.